The minimum Gasteiger partial charge on any atom is -0.376 e. The van der Waals surface area contributed by atoms with Crippen molar-refractivity contribution in [2.24, 2.45) is 5.73 Å². The van der Waals surface area contributed by atoms with Crippen molar-refractivity contribution >= 4 is 28.5 Å². The Hall–Kier alpha value is -0.660. The number of rotatable bonds is 5. The zero-order valence-corrected chi connectivity index (χ0v) is 13.6. The van der Waals surface area contributed by atoms with E-state index >= 15 is 0 Å². The smallest absolute Gasteiger partial charge is 0.251 e. The highest BCUT2D eigenvalue weighted by atomic mass is 127. The van der Waals surface area contributed by atoms with Gasteiger partial charge in [0.15, 0.2) is 0 Å². The van der Waals surface area contributed by atoms with Gasteiger partial charge in [-0.15, -0.1) is 0 Å². The number of hydrogen-bond donors (Lipinski definition) is 2. The van der Waals surface area contributed by atoms with Gasteiger partial charge >= 0.3 is 0 Å². The van der Waals surface area contributed by atoms with E-state index in [1.807, 2.05) is 24.3 Å². The van der Waals surface area contributed by atoms with Gasteiger partial charge in [0, 0.05) is 21.7 Å². The van der Waals surface area contributed by atoms with Crippen LogP contribution in [0, 0.1) is 3.57 Å². The van der Waals surface area contributed by atoms with Gasteiger partial charge in [-0.25, -0.2) is 0 Å². The fourth-order valence-corrected chi connectivity index (χ4v) is 2.92. The summed E-state index contributed by atoms with van der Waals surface area (Å²) in [5, 5.41) is 2.88. The molecule has 1 aliphatic rings. The normalized spacial score (nSPS) is 22.5. The van der Waals surface area contributed by atoms with E-state index in [1.54, 1.807) is 0 Å². The molecule has 5 heteroatoms. The first-order valence-electron chi connectivity index (χ1n) is 7.06. The van der Waals surface area contributed by atoms with Crippen LogP contribution < -0.4 is 11.1 Å². The van der Waals surface area contributed by atoms with Gasteiger partial charge in [0.25, 0.3) is 5.91 Å². The third-order valence-electron chi connectivity index (χ3n) is 3.55. The molecule has 0 saturated heterocycles. The number of hydrogen-bond acceptors (Lipinski definition) is 3. The van der Waals surface area contributed by atoms with E-state index in [4.69, 9.17) is 10.5 Å². The minimum absolute atomic E-state index is 0.0437. The van der Waals surface area contributed by atoms with Gasteiger partial charge in [-0.2, -0.15) is 0 Å². The molecule has 0 aliphatic heterocycles. The molecule has 1 aromatic carbocycles. The van der Waals surface area contributed by atoms with Crippen molar-refractivity contribution in [3.8, 4) is 0 Å². The highest BCUT2D eigenvalue weighted by Crippen LogP contribution is 2.19. The van der Waals surface area contributed by atoms with Crippen LogP contribution in [0.15, 0.2) is 24.3 Å². The van der Waals surface area contributed by atoms with Crippen LogP contribution in [0.1, 0.15) is 36.0 Å². The molecule has 0 heterocycles. The number of benzene rings is 1. The Morgan fingerprint density at radius 1 is 1.35 bits per heavy atom. The van der Waals surface area contributed by atoms with Crippen molar-refractivity contribution in [2.75, 3.05) is 13.2 Å². The molecule has 20 heavy (non-hydrogen) atoms. The van der Waals surface area contributed by atoms with Gasteiger partial charge < -0.3 is 15.8 Å². The molecule has 0 aromatic heterocycles. The van der Waals surface area contributed by atoms with E-state index in [9.17, 15) is 4.79 Å². The molecule has 1 aromatic rings. The number of ether oxygens (including phenoxy) is 1. The maximum absolute atomic E-state index is 11.9. The Balaban J connectivity index is 1.64. The van der Waals surface area contributed by atoms with E-state index in [0.717, 1.165) is 29.3 Å². The maximum atomic E-state index is 11.9. The van der Waals surface area contributed by atoms with Crippen LogP contribution in [-0.4, -0.2) is 31.2 Å². The Morgan fingerprint density at radius 2 is 2.10 bits per heavy atom. The molecule has 1 aliphatic carbocycles. The molecule has 1 amide bonds. The summed E-state index contributed by atoms with van der Waals surface area (Å²) in [7, 11) is 0. The summed E-state index contributed by atoms with van der Waals surface area (Å²) >= 11 is 2.20. The van der Waals surface area contributed by atoms with E-state index in [0.29, 0.717) is 30.9 Å². The summed E-state index contributed by atoms with van der Waals surface area (Å²) in [6, 6.07) is 7.89. The molecule has 0 atom stereocenters. The van der Waals surface area contributed by atoms with Crippen molar-refractivity contribution in [3.05, 3.63) is 33.4 Å². The summed E-state index contributed by atoms with van der Waals surface area (Å²) in [4.78, 5) is 11.9. The van der Waals surface area contributed by atoms with Crippen molar-refractivity contribution in [1.82, 2.24) is 5.32 Å². The summed E-state index contributed by atoms with van der Waals surface area (Å²) < 4.78 is 6.83. The summed E-state index contributed by atoms with van der Waals surface area (Å²) in [6.45, 7) is 1.11. The Kier molecular flexibility index (Phi) is 6.25. The van der Waals surface area contributed by atoms with Gasteiger partial charge in [0.1, 0.15) is 0 Å². The lowest BCUT2D eigenvalue weighted by atomic mass is 9.94. The number of amides is 1. The van der Waals surface area contributed by atoms with Gasteiger partial charge in [-0.3, -0.25) is 4.79 Å². The molecule has 3 N–H and O–H groups in total. The first-order chi connectivity index (χ1) is 9.65. The molecule has 0 spiro atoms. The van der Waals surface area contributed by atoms with Crippen LogP contribution >= 0.6 is 22.6 Å². The average molecular weight is 388 g/mol. The lowest BCUT2D eigenvalue weighted by Crippen LogP contribution is -2.33. The van der Waals surface area contributed by atoms with Crippen LogP contribution in [0.5, 0.6) is 0 Å². The van der Waals surface area contributed by atoms with Crippen molar-refractivity contribution in [1.29, 1.82) is 0 Å². The highest BCUT2D eigenvalue weighted by molar-refractivity contribution is 14.1. The quantitative estimate of drug-likeness (QED) is 0.601. The third-order valence-corrected chi connectivity index (χ3v) is 4.22. The molecule has 0 unspecified atom stereocenters. The van der Waals surface area contributed by atoms with Crippen LogP contribution in [0.4, 0.5) is 0 Å². The number of nitrogens with two attached hydrogens (primary N) is 1. The largest absolute Gasteiger partial charge is 0.376 e. The van der Waals surface area contributed by atoms with Gasteiger partial charge in [-0.1, -0.05) is 6.07 Å². The minimum atomic E-state index is -0.0437. The monoisotopic (exact) mass is 388 g/mol. The number of nitrogens with one attached hydrogen (secondary N) is 1. The van der Waals surface area contributed by atoms with Gasteiger partial charge in [-0.05, 0) is 66.5 Å². The lowest BCUT2D eigenvalue weighted by molar-refractivity contribution is 0.0267. The first kappa shape index (κ1) is 15.7. The summed E-state index contributed by atoms with van der Waals surface area (Å²) in [5.41, 5.74) is 6.55. The number of halogens is 1. The van der Waals surface area contributed by atoms with E-state index in [2.05, 4.69) is 27.9 Å². The summed E-state index contributed by atoms with van der Waals surface area (Å²) in [6.07, 6.45) is 4.46. The molecule has 0 bridgehead atoms. The van der Waals surface area contributed by atoms with Crippen molar-refractivity contribution in [3.63, 3.8) is 0 Å². The van der Waals surface area contributed by atoms with Crippen LogP contribution in [0.3, 0.4) is 0 Å². The molecular formula is C15H21IN2O2. The van der Waals surface area contributed by atoms with E-state index < -0.39 is 0 Å². The van der Waals surface area contributed by atoms with Crippen LogP contribution in [0.2, 0.25) is 0 Å². The van der Waals surface area contributed by atoms with Gasteiger partial charge in [0.05, 0.1) is 12.7 Å². The molecule has 2 rings (SSSR count). The van der Waals surface area contributed by atoms with Crippen molar-refractivity contribution < 1.29 is 9.53 Å². The molecule has 4 nitrogen and oxygen atoms in total. The second-order valence-corrected chi connectivity index (χ2v) is 6.42. The summed E-state index contributed by atoms with van der Waals surface area (Å²) in [5.74, 6) is -0.0437. The SMILES string of the molecule is NC1CCC(OCCNC(=O)c2cccc(I)c2)CC1. The third kappa shape index (κ3) is 5.03. The molecule has 1 fully saturated rings. The first-order valence-corrected chi connectivity index (χ1v) is 8.14. The van der Waals surface area contributed by atoms with Crippen molar-refractivity contribution in [2.45, 2.75) is 37.8 Å². The maximum Gasteiger partial charge on any atom is 0.251 e. The Morgan fingerprint density at radius 3 is 2.80 bits per heavy atom. The van der Waals surface area contributed by atoms with Gasteiger partial charge in [0.2, 0.25) is 0 Å². The Labute approximate surface area is 133 Å². The molecule has 1 saturated carbocycles. The average Bonchev–Trinajstić information content (AvgIpc) is 2.45. The van der Waals surface area contributed by atoms with E-state index in [1.165, 1.54) is 0 Å². The lowest BCUT2D eigenvalue weighted by Gasteiger charge is -2.26. The number of carbonyl (C=O) groups is 1. The fourth-order valence-electron chi connectivity index (χ4n) is 2.38. The number of carbonyl (C=O) groups excluding carboxylic acids is 1. The molecular weight excluding hydrogens is 367 g/mol. The second-order valence-electron chi connectivity index (χ2n) is 5.17. The topological polar surface area (TPSA) is 64.3 Å². The predicted molar refractivity (Wildman–Crippen MR) is 87.7 cm³/mol. The second kappa shape index (κ2) is 7.95. The molecule has 110 valence electrons. The zero-order chi connectivity index (χ0) is 14.4. The molecule has 0 radical (unpaired) electrons. The standard InChI is InChI=1S/C15H21IN2O2/c16-12-3-1-2-11(10-12)15(19)18-8-9-20-14-6-4-13(17)5-7-14/h1-3,10,13-14H,4-9,17H2,(H,18,19). The zero-order valence-electron chi connectivity index (χ0n) is 11.5. The predicted octanol–water partition coefficient (Wildman–Crippen LogP) is 2.31. The highest BCUT2D eigenvalue weighted by Gasteiger charge is 2.18. The van der Waals surface area contributed by atoms with E-state index in [-0.39, 0.29) is 5.91 Å². The fraction of sp³-hybridized carbons (Fsp3) is 0.533. The Bertz CT molecular complexity index is 445. The van der Waals surface area contributed by atoms with Crippen LogP contribution in [-0.2, 0) is 4.74 Å². The van der Waals surface area contributed by atoms with Crippen LogP contribution in [0.25, 0.3) is 0 Å².